The van der Waals surface area contributed by atoms with E-state index in [2.05, 4.69) is 231 Å². The van der Waals surface area contributed by atoms with E-state index < -0.39 is 16.1 Å². The molecule has 2 aromatic heterocycles. The summed E-state index contributed by atoms with van der Waals surface area (Å²) in [6.07, 6.45) is 0. The van der Waals surface area contributed by atoms with Gasteiger partial charge in [-0.1, -0.05) is 243 Å². The van der Waals surface area contributed by atoms with Crippen molar-refractivity contribution in [2.75, 3.05) is 0 Å². The molecular weight excluding hydrogens is 1040 g/mol. The molecule has 3 nitrogen and oxygen atoms in total. The molecule has 0 amide bonds. The molecule has 0 atom stereocenters. The Morgan fingerprint density at radius 2 is 0.542 bits per heavy atom. The fourth-order valence-electron chi connectivity index (χ4n) is 9.96. The van der Waals surface area contributed by atoms with Crippen LogP contribution >= 0.6 is 22.7 Å². The summed E-state index contributed by atoms with van der Waals surface area (Å²) < 4.78 is 2.38. The maximum Gasteiger partial charge on any atom is 0.179 e. The molecular formula is C62H46N3S4Si2Zn-3. The number of hydrogen-bond donors (Lipinski definition) is 0. The van der Waals surface area contributed by atoms with Crippen molar-refractivity contribution < 1.29 is 19.5 Å². The van der Waals surface area contributed by atoms with Gasteiger partial charge in [-0.25, -0.2) is 9.97 Å². The van der Waals surface area contributed by atoms with Crippen LogP contribution in [0, 0.1) is 0 Å². The van der Waals surface area contributed by atoms with Crippen LogP contribution in [0.1, 0.15) is 0 Å². The zero-order valence-electron chi connectivity index (χ0n) is 39.2. The first kappa shape index (κ1) is 50.4. The van der Waals surface area contributed by atoms with Gasteiger partial charge in [0, 0.05) is 19.5 Å². The molecule has 0 unspecified atom stereocenters. The van der Waals surface area contributed by atoms with Crippen LogP contribution in [0.2, 0.25) is 0 Å². The average Bonchev–Trinajstić information content (AvgIpc) is 4.06. The molecule has 2 N–H and O–H groups in total. The third-order valence-electron chi connectivity index (χ3n) is 13.1. The molecule has 12 aromatic rings. The Morgan fingerprint density at radius 3 is 0.806 bits per heavy atom. The normalized spacial score (nSPS) is 11.2. The molecule has 0 fully saturated rings. The molecule has 0 saturated heterocycles. The number of hydrogen-bond acceptors (Lipinski definition) is 6. The van der Waals surface area contributed by atoms with E-state index in [0.717, 1.165) is 42.0 Å². The van der Waals surface area contributed by atoms with Gasteiger partial charge in [0.15, 0.2) is 16.1 Å². The third kappa shape index (κ3) is 9.49. The van der Waals surface area contributed by atoms with Gasteiger partial charge < -0.3 is 31.4 Å². The van der Waals surface area contributed by atoms with Crippen LogP contribution in [0.4, 0.5) is 0 Å². The topological polar surface area (TPSA) is 59.3 Å². The minimum absolute atomic E-state index is 0. The molecule has 0 bridgehead atoms. The molecule has 10 aromatic carbocycles. The van der Waals surface area contributed by atoms with Crippen molar-refractivity contribution in [1.29, 1.82) is 0 Å². The number of rotatable bonds is 10. The number of fused-ring (bicyclic) bond motifs is 2. The second-order valence-corrected chi connectivity index (χ2v) is 27.7. The van der Waals surface area contributed by atoms with Crippen LogP contribution in [0.25, 0.3) is 47.7 Å². The fraction of sp³-hybridized carbons (Fsp3) is 0. The van der Waals surface area contributed by atoms with E-state index in [1.54, 1.807) is 22.7 Å². The molecule has 0 radical (unpaired) electrons. The van der Waals surface area contributed by atoms with E-state index in [1.807, 2.05) is 36.4 Å². The number of benzene rings is 10. The van der Waals surface area contributed by atoms with Crippen molar-refractivity contribution in [3.8, 4) is 21.1 Å². The predicted octanol–water partition coefficient (Wildman–Crippen LogP) is 11.2. The van der Waals surface area contributed by atoms with Gasteiger partial charge in [0.25, 0.3) is 0 Å². The molecule has 12 rings (SSSR count). The Labute approximate surface area is 455 Å². The van der Waals surface area contributed by atoms with Crippen molar-refractivity contribution in [3.05, 3.63) is 273 Å². The summed E-state index contributed by atoms with van der Waals surface area (Å²) in [5, 5.41) is 12.9. The van der Waals surface area contributed by atoms with E-state index in [4.69, 9.17) is 35.2 Å². The minimum atomic E-state index is -2.54. The molecule has 0 spiro atoms. The Morgan fingerprint density at radius 1 is 0.292 bits per heavy atom. The van der Waals surface area contributed by atoms with E-state index in [-0.39, 0.29) is 25.6 Å². The van der Waals surface area contributed by atoms with Gasteiger partial charge in [-0.3, -0.25) is 0 Å². The summed E-state index contributed by atoms with van der Waals surface area (Å²) in [5.74, 6) is 0. The number of nitrogens with zero attached hydrogens (tertiary/aromatic N) is 2. The van der Waals surface area contributed by atoms with E-state index in [0.29, 0.717) is 0 Å². The standard InChI is InChI=1S/2C31H23NS2Si.H2N.Zn/c2*33-29-19-11-10-18-27(29)31-32-28-21-20-26(22-30(28)34-31)35(23-12-4-1-5-13-23,24-14-6-2-7-15-24)25-16-8-3-9-17-25;;/h2*1-22,33H;1H2;/q;;-1;/p-2. The van der Waals surface area contributed by atoms with Crippen LogP contribution in [-0.4, -0.2) is 26.1 Å². The fourth-order valence-corrected chi connectivity index (χ4v) is 22.4. The van der Waals surface area contributed by atoms with Crippen LogP contribution in [-0.2, 0) is 44.7 Å². The quantitative estimate of drug-likeness (QED) is 0.0778. The van der Waals surface area contributed by atoms with E-state index in [1.165, 1.54) is 50.9 Å². The summed E-state index contributed by atoms with van der Waals surface area (Å²) in [6.45, 7) is 0. The van der Waals surface area contributed by atoms with Crippen LogP contribution < -0.4 is 41.5 Å². The first-order valence-corrected chi connectivity index (χ1v) is 29.7. The largest absolute Gasteiger partial charge is 0.779 e. The minimum Gasteiger partial charge on any atom is -0.779 e. The summed E-state index contributed by atoms with van der Waals surface area (Å²) in [6, 6.07) is 95.9. The zero-order chi connectivity index (χ0) is 47.3. The van der Waals surface area contributed by atoms with Crippen molar-refractivity contribution in [3.63, 3.8) is 0 Å². The Balaban J connectivity index is 0.000000173. The van der Waals surface area contributed by atoms with Crippen molar-refractivity contribution >= 4 is 126 Å². The van der Waals surface area contributed by atoms with Gasteiger partial charge in [0.05, 0.1) is 20.4 Å². The molecule has 0 aliphatic rings. The number of thiazole rings is 2. The van der Waals surface area contributed by atoms with E-state index in [9.17, 15) is 0 Å². The van der Waals surface area contributed by atoms with Gasteiger partial charge in [-0.15, -0.1) is 22.7 Å². The van der Waals surface area contributed by atoms with Gasteiger partial charge in [-0.05, 0) is 76.9 Å². The third-order valence-corrected chi connectivity index (χ3v) is 25.5. The molecule has 0 aliphatic carbocycles. The summed E-state index contributed by atoms with van der Waals surface area (Å²) in [4.78, 5) is 11.6. The monoisotopic (exact) mass is 1080 g/mol. The maximum absolute atomic E-state index is 5.59. The molecule has 0 saturated carbocycles. The molecule has 0 aliphatic heterocycles. The van der Waals surface area contributed by atoms with Crippen LogP contribution in [0.15, 0.2) is 277 Å². The maximum atomic E-state index is 5.59. The van der Waals surface area contributed by atoms with Crippen LogP contribution in [0.3, 0.4) is 0 Å². The van der Waals surface area contributed by atoms with Crippen molar-refractivity contribution in [2.24, 2.45) is 0 Å². The van der Waals surface area contributed by atoms with Gasteiger partial charge in [0.2, 0.25) is 0 Å². The van der Waals surface area contributed by atoms with E-state index >= 15 is 0 Å². The SMILES string of the molecule is [NH2-].[S-]c1ccccc1-c1nc2ccc([Si](c3ccccc3)(c3ccccc3)c3ccccc3)cc2s1.[S-]c1ccccc1-c1nc2ccc([Si](c3ccccc3)(c3ccccc3)c3ccccc3)cc2s1.[Zn]. The van der Waals surface area contributed by atoms with Gasteiger partial charge in [0.1, 0.15) is 10.0 Å². The molecule has 2 heterocycles. The van der Waals surface area contributed by atoms with Crippen molar-refractivity contribution in [2.45, 2.75) is 9.79 Å². The molecule has 72 heavy (non-hydrogen) atoms. The van der Waals surface area contributed by atoms with Gasteiger partial charge in [-0.2, -0.15) is 9.79 Å². The second-order valence-electron chi connectivity index (χ2n) is 17.1. The number of aromatic nitrogens is 2. The summed E-state index contributed by atoms with van der Waals surface area (Å²) in [5.41, 5.74) is 4.10. The second kappa shape index (κ2) is 22.5. The Kier molecular flexibility index (Phi) is 15.7. The zero-order valence-corrected chi connectivity index (χ0v) is 47.4. The smallest absolute Gasteiger partial charge is 0.179 e. The predicted molar refractivity (Wildman–Crippen MR) is 314 cm³/mol. The Hall–Kier alpha value is -6.56. The summed E-state index contributed by atoms with van der Waals surface area (Å²) in [7, 11) is -5.08. The number of nitrogens with two attached hydrogens (primary N) is 1. The molecule has 346 valence electrons. The average molecular weight is 1080 g/mol. The Bertz CT molecular complexity index is 3260. The van der Waals surface area contributed by atoms with Crippen LogP contribution in [0.5, 0.6) is 0 Å². The van der Waals surface area contributed by atoms with Gasteiger partial charge >= 0.3 is 0 Å². The first-order valence-electron chi connectivity index (χ1n) is 23.2. The molecule has 10 heteroatoms. The first-order chi connectivity index (χ1) is 34.5. The summed E-state index contributed by atoms with van der Waals surface area (Å²) >= 11 is 14.6. The van der Waals surface area contributed by atoms with Crippen molar-refractivity contribution in [1.82, 2.24) is 9.97 Å².